The summed E-state index contributed by atoms with van der Waals surface area (Å²) in [5, 5.41) is 5.71. The van der Waals surface area contributed by atoms with E-state index in [1.54, 1.807) is 0 Å². The number of benzene rings is 1. The highest BCUT2D eigenvalue weighted by Crippen LogP contribution is 2.31. The van der Waals surface area contributed by atoms with Gasteiger partial charge in [0.25, 0.3) is 0 Å². The van der Waals surface area contributed by atoms with Crippen molar-refractivity contribution in [2.45, 2.75) is 19.0 Å². The average molecular weight is 272 g/mol. The lowest BCUT2D eigenvalue weighted by atomic mass is 9.88. The van der Waals surface area contributed by atoms with Crippen LogP contribution in [-0.4, -0.2) is 24.5 Å². The summed E-state index contributed by atoms with van der Waals surface area (Å²) >= 11 is 1.85. The molecule has 0 amide bonds. The van der Waals surface area contributed by atoms with Gasteiger partial charge in [-0.2, -0.15) is 0 Å². The van der Waals surface area contributed by atoms with Crippen LogP contribution in [-0.2, 0) is 12.1 Å². The van der Waals surface area contributed by atoms with Crippen molar-refractivity contribution in [2.24, 2.45) is 0 Å². The monoisotopic (exact) mass is 272 g/mol. The molecule has 1 aromatic heterocycles. The van der Waals surface area contributed by atoms with Gasteiger partial charge in [-0.15, -0.1) is 11.3 Å². The number of rotatable bonds is 3. The third-order valence-corrected chi connectivity index (χ3v) is 4.91. The third-order valence-electron chi connectivity index (χ3n) is 4.05. The molecule has 1 saturated heterocycles. The van der Waals surface area contributed by atoms with Gasteiger partial charge in [-0.1, -0.05) is 36.4 Å². The minimum atomic E-state index is 0.0868. The molecule has 3 heteroatoms. The van der Waals surface area contributed by atoms with E-state index < -0.39 is 0 Å². The van der Waals surface area contributed by atoms with Crippen LogP contribution in [0.25, 0.3) is 0 Å². The minimum Gasteiger partial charge on any atom is -0.313 e. The summed E-state index contributed by atoms with van der Waals surface area (Å²) in [5.41, 5.74) is 1.49. The number of nitrogens with zero attached hydrogens (tertiary/aromatic N) is 1. The van der Waals surface area contributed by atoms with Crippen molar-refractivity contribution >= 4 is 11.3 Å². The standard InChI is InChI=1S/C16H20N2S/c1-16(14-6-3-2-4-7-14)13-17-9-10-18(16)12-15-8-5-11-19-15/h2-8,11,17H,9-10,12-13H2,1H3. The maximum atomic E-state index is 3.55. The van der Waals surface area contributed by atoms with Crippen molar-refractivity contribution < 1.29 is 0 Å². The number of nitrogens with one attached hydrogen (secondary N) is 1. The molecule has 3 rings (SSSR count). The van der Waals surface area contributed by atoms with Crippen molar-refractivity contribution in [3.8, 4) is 0 Å². The number of hydrogen-bond acceptors (Lipinski definition) is 3. The van der Waals surface area contributed by atoms with Crippen LogP contribution in [0, 0.1) is 0 Å². The Kier molecular flexibility index (Phi) is 3.69. The maximum absolute atomic E-state index is 3.55. The third kappa shape index (κ3) is 2.59. The Morgan fingerprint density at radius 1 is 1.21 bits per heavy atom. The van der Waals surface area contributed by atoms with Crippen LogP contribution >= 0.6 is 11.3 Å². The molecule has 2 heterocycles. The van der Waals surface area contributed by atoms with Crippen molar-refractivity contribution in [2.75, 3.05) is 19.6 Å². The predicted octanol–water partition coefficient (Wildman–Crippen LogP) is 3.07. The lowest BCUT2D eigenvalue weighted by Crippen LogP contribution is -2.56. The second kappa shape index (κ2) is 5.45. The maximum Gasteiger partial charge on any atom is 0.0561 e. The van der Waals surface area contributed by atoms with Gasteiger partial charge in [0.1, 0.15) is 0 Å². The molecule has 19 heavy (non-hydrogen) atoms. The van der Waals surface area contributed by atoms with Gasteiger partial charge < -0.3 is 5.32 Å². The van der Waals surface area contributed by atoms with Gasteiger partial charge in [0.15, 0.2) is 0 Å². The highest BCUT2D eigenvalue weighted by atomic mass is 32.1. The molecule has 2 nitrogen and oxygen atoms in total. The van der Waals surface area contributed by atoms with Gasteiger partial charge >= 0.3 is 0 Å². The number of hydrogen-bond donors (Lipinski definition) is 1. The first kappa shape index (κ1) is 12.9. The van der Waals surface area contributed by atoms with E-state index in [0.717, 1.165) is 26.2 Å². The highest BCUT2D eigenvalue weighted by Gasteiger charge is 2.35. The Morgan fingerprint density at radius 2 is 2.05 bits per heavy atom. The molecule has 1 aliphatic rings. The summed E-state index contributed by atoms with van der Waals surface area (Å²) in [5.74, 6) is 0. The van der Waals surface area contributed by atoms with Gasteiger partial charge in [0, 0.05) is 31.1 Å². The molecular formula is C16H20N2S. The molecule has 1 aliphatic heterocycles. The summed E-state index contributed by atoms with van der Waals surface area (Å²) in [6, 6.07) is 15.2. The van der Waals surface area contributed by atoms with Crippen LogP contribution in [0.3, 0.4) is 0 Å². The molecule has 100 valence electrons. The van der Waals surface area contributed by atoms with Gasteiger partial charge in [-0.25, -0.2) is 0 Å². The van der Waals surface area contributed by atoms with E-state index in [-0.39, 0.29) is 5.54 Å². The SMILES string of the molecule is CC1(c2ccccc2)CNCCN1Cc1cccs1. The molecule has 0 saturated carbocycles. The Morgan fingerprint density at radius 3 is 2.79 bits per heavy atom. The fraction of sp³-hybridized carbons (Fsp3) is 0.375. The Balaban J connectivity index is 1.88. The van der Waals surface area contributed by atoms with Gasteiger partial charge in [-0.3, -0.25) is 4.90 Å². The van der Waals surface area contributed by atoms with Crippen molar-refractivity contribution in [3.05, 3.63) is 58.3 Å². The lowest BCUT2D eigenvalue weighted by Gasteiger charge is -2.45. The summed E-state index contributed by atoms with van der Waals surface area (Å²) in [7, 11) is 0. The summed E-state index contributed by atoms with van der Waals surface area (Å²) < 4.78 is 0. The van der Waals surface area contributed by atoms with Crippen LogP contribution in [0.4, 0.5) is 0 Å². The number of thiophene rings is 1. The largest absolute Gasteiger partial charge is 0.313 e. The highest BCUT2D eigenvalue weighted by molar-refractivity contribution is 7.09. The molecule has 1 atom stereocenters. The minimum absolute atomic E-state index is 0.0868. The van der Waals surface area contributed by atoms with E-state index in [1.165, 1.54) is 10.4 Å². The van der Waals surface area contributed by atoms with Gasteiger partial charge in [0.05, 0.1) is 5.54 Å². The molecular weight excluding hydrogens is 252 g/mol. The fourth-order valence-corrected chi connectivity index (χ4v) is 3.55. The Bertz CT molecular complexity index is 509. The van der Waals surface area contributed by atoms with E-state index in [9.17, 15) is 0 Å². The molecule has 1 unspecified atom stereocenters. The quantitative estimate of drug-likeness (QED) is 0.924. The molecule has 0 radical (unpaired) electrons. The van der Waals surface area contributed by atoms with Crippen LogP contribution in [0.1, 0.15) is 17.4 Å². The van der Waals surface area contributed by atoms with Crippen LogP contribution in [0.5, 0.6) is 0 Å². The second-order valence-electron chi connectivity index (χ2n) is 5.32. The zero-order chi connectivity index (χ0) is 13.1. The van der Waals surface area contributed by atoms with Crippen molar-refractivity contribution in [1.29, 1.82) is 0 Å². The van der Waals surface area contributed by atoms with Crippen LogP contribution < -0.4 is 5.32 Å². The predicted molar refractivity (Wildman–Crippen MR) is 81.4 cm³/mol. The van der Waals surface area contributed by atoms with E-state index >= 15 is 0 Å². The Labute approximate surface area is 119 Å². The molecule has 0 bridgehead atoms. The fourth-order valence-electron chi connectivity index (χ4n) is 2.83. The summed E-state index contributed by atoms with van der Waals surface area (Å²) in [4.78, 5) is 4.05. The lowest BCUT2D eigenvalue weighted by molar-refractivity contribution is 0.0660. The van der Waals surface area contributed by atoms with E-state index in [4.69, 9.17) is 0 Å². The zero-order valence-corrected chi connectivity index (χ0v) is 12.1. The Hall–Kier alpha value is -1.16. The van der Waals surface area contributed by atoms with Gasteiger partial charge in [0.2, 0.25) is 0 Å². The molecule has 0 aliphatic carbocycles. The van der Waals surface area contributed by atoms with Crippen molar-refractivity contribution in [1.82, 2.24) is 10.2 Å². The first-order valence-corrected chi connectivity index (χ1v) is 7.71. The summed E-state index contributed by atoms with van der Waals surface area (Å²) in [6.45, 7) is 6.59. The molecule has 1 fully saturated rings. The van der Waals surface area contributed by atoms with E-state index in [0.29, 0.717) is 0 Å². The normalized spacial score (nSPS) is 24.5. The van der Waals surface area contributed by atoms with Gasteiger partial charge in [-0.05, 0) is 23.9 Å². The molecule has 1 N–H and O–H groups in total. The second-order valence-corrected chi connectivity index (χ2v) is 6.35. The molecule has 1 aromatic carbocycles. The average Bonchev–Trinajstić information content (AvgIpc) is 2.96. The molecule has 0 spiro atoms. The van der Waals surface area contributed by atoms with Crippen LogP contribution in [0.2, 0.25) is 0 Å². The topological polar surface area (TPSA) is 15.3 Å². The summed E-state index contributed by atoms with van der Waals surface area (Å²) in [6.07, 6.45) is 0. The zero-order valence-electron chi connectivity index (χ0n) is 11.3. The van der Waals surface area contributed by atoms with Crippen LogP contribution in [0.15, 0.2) is 47.8 Å². The number of piperazine rings is 1. The smallest absolute Gasteiger partial charge is 0.0561 e. The van der Waals surface area contributed by atoms with E-state index in [1.807, 2.05) is 11.3 Å². The van der Waals surface area contributed by atoms with E-state index in [2.05, 4.69) is 65.0 Å². The van der Waals surface area contributed by atoms with Crippen molar-refractivity contribution in [3.63, 3.8) is 0 Å². The first-order valence-electron chi connectivity index (χ1n) is 6.83. The first-order chi connectivity index (χ1) is 9.29. The molecule has 2 aromatic rings.